The van der Waals surface area contributed by atoms with E-state index in [-0.39, 0.29) is 0 Å². The molecule has 4 rings (SSSR count). The molecule has 0 aliphatic carbocycles. The van der Waals surface area contributed by atoms with Crippen LogP contribution in [0.4, 0.5) is 0 Å². The van der Waals surface area contributed by atoms with E-state index in [1.54, 1.807) is 24.0 Å². The summed E-state index contributed by atoms with van der Waals surface area (Å²) in [6.45, 7) is 2.00. The monoisotopic (exact) mass is 290 g/mol. The van der Waals surface area contributed by atoms with Crippen LogP contribution in [0.25, 0.3) is 27.7 Å². The van der Waals surface area contributed by atoms with Crippen LogP contribution >= 0.6 is 0 Å². The zero-order valence-electron chi connectivity index (χ0n) is 12.3. The molecule has 4 aromatic rings. The van der Waals surface area contributed by atoms with Gasteiger partial charge in [-0.1, -0.05) is 6.07 Å². The maximum Gasteiger partial charge on any atom is 0.163 e. The summed E-state index contributed by atoms with van der Waals surface area (Å²) in [5.41, 5.74) is 4.72. The van der Waals surface area contributed by atoms with Crippen LogP contribution in [0.3, 0.4) is 0 Å². The summed E-state index contributed by atoms with van der Waals surface area (Å²) >= 11 is 0. The second-order valence-electron chi connectivity index (χ2n) is 5.06. The van der Waals surface area contributed by atoms with Crippen LogP contribution in [0.2, 0.25) is 0 Å². The third kappa shape index (κ3) is 1.75. The Balaban J connectivity index is 2.11. The van der Waals surface area contributed by atoms with E-state index in [2.05, 4.69) is 15.1 Å². The van der Waals surface area contributed by atoms with E-state index in [1.165, 1.54) is 0 Å². The Morgan fingerprint density at radius 2 is 1.91 bits per heavy atom. The summed E-state index contributed by atoms with van der Waals surface area (Å²) in [6, 6.07) is 9.83. The van der Waals surface area contributed by atoms with Gasteiger partial charge in [-0.05, 0) is 36.8 Å². The molecular formula is C17H14N4O. The van der Waals surface area contributed by atoms with E-state index in [1.807, 2.05) is 43.5 Å². The Morgan fingerprint density at radius 1 is 1.05 bits per heavy atom. The first-order valence-electron chi connectivity index (χ1n) is 7.01. The first-order valence-corrected chi connectivity index (χ1v) is 7.01. The van der Waals surface area contributed by atoms with E-state index in [4.69, 9.17) is 4.74 Å². The van der Waals surface area contributed by atoms with Gasteiger partial charge in [0.2, 0.25) is 0 Å². The van der Waals surface area contributed by atoms with Gasteiger partial charge in [0.05, 0.1) is 18.4 Å². The number of benzene rings is 1. The van der Waals surface area contributed by atoms with Gasteiger partial charge >= 0.3 is 0 Å². The Bertz CT molecular complexity index is 990. The summed E-state index contributed by atoms with van der Waals surface area (Å²) in [7, 11) is 1.66. The van der Waals surface area contributed by atoms with Gasteiger partial charge in [-0.3, -0.25) is 4.98 Å². The van der Waals surface area contributed by atoms with Crippen molar-refractivity contribution >= 4 is 16.6 Å². The fourth-order valence-electron chi connectivity index (χ4n) is 2.84. The van der Waals surface area contributed by atoms with Crippen molar-refractivity contribution in [1.82, 2.24) is 19.6 Å². The zero-order chi connectivity index (χ0) is 15.1. The number of rotatable bonds is 2. The predicted octanol–water partition coefficient (Wildman–Crippen LogP) is 3.26. The number of aryl methyl sites for hydroxylation is 1. The normalized spacial score (nSPS) is 11.2. The summed E-state index contributed by atoms with van der Waals surface area (Å²) in [5, 5.41) is 5.57. The maximum absolute atomic E-state index is 5.42. The van der Waals surface area contributed by atoms with Gasteiger partial charge < -0.3 is 4.74 Å². The van der Waals surface area contributed by atoms with Gasteiger partial charge in [-0.15, -0.1) is 0 Å². The SMILES string of the molecule is COc1ccc(-c2c(C)nn3cccnc23)c2cccnc12. The number of hydrogen-bond donors (Lipinski definition) is 0. The molecule has 0 bridgehead atoms. The highest BCUT2D eigenvalue weighted by atomic mass is 16.5. The van der Waals surface area contributed by atoms with Gasteiger partial charge in [-0.25, -0.2) is 9.50 Å². The number of pyridine rings is 1. The van der Waals surface area contributed by atoms with Crippen LogP contribution < -0.4 is 4.74 Å². The van der Waals surface area contributed by atoms with Gasteiger partial charge in [0, 0.05) is 24.0 Å². The fourth-order valence-corrected chi connectivity index (χ4v) is 2.84. The second-order valence-corrected chi connectivity index (χ2v) is 5.06. The number of nitrogens with zero attached hydrogens (tertiary/aromatic N) is 4. The highest BCUT2D eigenvalue weighted by Gasteiger charge is 2.16. The van der Waals surface area contributed by atoms with Crippen LogP contribution in [0.15, 0.2) is 48.9 Å². The Kier molecular flexibility index (Phi) is 2.79. The average Bonchev–Trinajstić information content (AvgIpc) is 2.89. The first kappa shape index (κ1) is 12.8. The summed E-state index contributed by atoms with van der Waals surface area (Å²) in [5.74, 6) is 0.765. The lowest BCUT2D eigenvalue weighted by Gasteiger charge is -2.09. The summed E-state index contributed by atoms with van der Waals surface area (Å²) in [6.07, 6.45) is 5.46. The zero-order valence-corrected chi connectivity index (χ0v) is 12.3. The standard InChI is InChI=1S/C17H14N4O/c1-11-15(17-19-9-4-10-21(17)20-11)12-6-7-14(22-2)16-13(12)5-3-8-18-16/h3-10H,1-2H3. The largest absolute Gasteiger partial charge is 0.494 e. The maximum atomic E-state index is 5.42. The minimum absolute atomic E-state index is 0.765. The molecule has 0 fully saturated rings. The smallest absolute Gasteiger partial charge is 0.163 e. The Labute approximate surface area is 127 Å². The number of methoxy groups -OCH3 is 1. The number of hydrogen-bond acceptors (Lipinski definition) is 4. The molecule has 22 heavy (non-hydrogen) atoms. The molecule has 3 heterocycles. The van der Waals surface area contributed by atoms with Crippen molar-refractivity contribution in [2.45, 2.75) is 6.92 Å². The second kappa shape index (κ2) is 4.80. The third-order valence-electron chi connectivity index (χ3n) is 3.79. The molecule has 0 saturated heterocycles. The summed E-state index contributed by atoms with van der Waals surface area (Å²) in [4.78, 5) is 8.94. The minimum Gasteiger partial charge on any atom is -0.494 e. The van der Waals surface area contributed by atoms with E-state index >= 15 is 0 Å². The number of ether oxygens (including phenoxy) is 1. The van der Waals surface area contributed by atoms with Crippen molar-refractivity contribution in [3.05, 3.63) is 54.6 Å². The molecule has 0 aliphatic rings. The molecule has 0 spiro atoms. The van der Waals surface area contributed by atoms with Crippen molar-refractivity contribution in [2.24, 2.45) is 0 Å². The van der Waals surface area contributed by atoms with Crippen LogP contribution in [-0.4, -0.2) is 26.7 Å². The Morgan fingerprint density at radius 3 is 2.77 bits per heavy atom. The van der Waals surface area contributed by atoms with Gasteiger partial charge in [0.15, 0.2) is 5.65 Å². The van der Waals surface area contributed by atoms with E-state index < -0.39 is 0 Å². The number of fused-ring (bicyclic) bond motifs is 2. The quantitative estimate of drug-likeness (QED) is 0.568. The molecule has 0 saturated carbocycles. The van der Waals surface area contributed by atoms with Crippen LogP contribution in [0.1, 0.15) is 5.69 Å². The van der Waals surface area contributed by atoms with E-state index in [0.29, 0.717) is 0 Å². The predicted molar refractivity (Wildman–Crippen MR) is 85.0 cm³/mol. The van der Waals surface area contributed by atoms with E-state index in [9.17, 15) is 0 Å². The lowest BCUT2D eigenvalue weighted by Crippen LogP contribution is -1.91. The molecule has 0 aliphatic heterocycles. The molecule has 5 nitrogen and oxygen atoms in total. The molecule has 0 N–H and O–H groups in total. The molecule has 108 valence electrons. The van der Waals surface area contributed by atoms with Gasteiger partial charge in [0.25, 0.3) is 0 Å². The van der Waals surface area contributed by atoms with Crippen LogP contribution in [0, 0.1) is 6.92 Å². The highest BCUT2D eigenvalue weighted by molar-refractivity contribution is 6.01. The molecule has 0 radical (unpaired) electrons. The topological polar surface area (TPSA) is 52.3 Å². The van der Waals surface area contributed by atoms with Crippen molar-refractivity contribution in [3.8, 4) is 16.9 Å². The number of aromatic nitrogens is 4. The highest BCUT2D eigenvalue weighted by Crippen LogP contribution is 2.36. The van der Waals surface area contributed by atoms with Crippen LogP contribution in [0.5, 0.6) is 5.75 Å². The fraction of sp³-hybridized carbons (Fsp3) is 0.118. The summed E-state index contributed by atoms with van der Waals surface area (Å²) < 4.78 is 7.22. The van der Waals surface area contributed by atoms with Gasteiger partial charge in [-0.2, -0.15) is 5.10 Å². The van der Waals surface area contributed by atoms with E-state index in [0.717, 1.165) is 39.1 Å². The molecule has 0 unspecified atom stereocenters. The lowest BCUT2D eigenvalue weighted by molar-refractivity contribution is 0.419. The van der Waals surface area contributed by atoms with Crippen molar-refractivity contribution in [1.29, 1.82) is 0 Å². The first-order chi connectivity index (χ1) is 10.8. The molecule has 3 aromatic heterocycles. The molecule has 0 atom stereocenters. The third-order valence-corrected chi connectivity index (χ3v) is 3.79. The van der Waals surface area contributed by atoms with Crippen molar-refractivity contribution in [2.75, 3.05) is 7.11 Å². The lowest BCUT2D eigenvalue weighted by atomic mass is 10.0. The molecule has 5 heteroatoms. The molecule has 1 aromatic carbocycles. The van der Waals surface area contributed by atoms with Crippen molar-refractivity contribution < 1.29 is 4.74 Å². The average molecular weight is 290 g/mol. The minimum atomic E-state index is 0.765. The molecule has 0 amide bonds. The van der Waals surface area contributed by atoms with Gasteiger partial charge in [0.1, 0.15) is 11.3 Å². The Hall–Kier alpha value is -2.95. The van der Waals surface area contributed by atoms with Crippen molar-refractivity contribution in [3.63, 3.8) is 0 Å². The molecular weight excluding hydrogens is 276 g/mol. The van der Waals surface area contributed by atoms with Crippen LogP contribution in [-0.2, 0) is 0 Å².